The van der Waals surface area contributed by atoms with Gasteiger partial charge in [0.15, 0.2) is 6.29 Å². The Morgan fingerprint density at radius 2 is 2.17 bits per heavy atom. The van der Waals surface area contributed by atoms with Gasteiger partial charge in [-0.25, -0.2) is 6.57 Å². The van der Waals surface area contributed by atoms with Crippen LogP contribution in [0.3, 0.4) is 0 Å². The van der Waals surface area contributed by atoms with Gasteiger partial charge in [0, 0.05) is 0 Å². The van der Waals surface area contributed by atoms with E-state index in [1.54, 1.807) is 6.92 Å². The molecular formula is C8H12N2O2. The molecule has 0 aromatic rings. The predicted molar refractivity (Wildman–Crippen MR) is 43.1 cm³/mol. The molecule has 0 aliphatic rings. The number of rotatable bonds is 6. The largest absolute Gasteiger partial charge is 0.352 e. The van der Waals surface area contributed by atoms with Crippen molar-refractivity contribution in [1.82, 2.24) is 0 Å². The summed E-state index contributed by atoms with van der Waals surface area (Å²) in [6, 6.07) is 1.96. The second kappa shape index (κ2) is 8.00. The van der Waals surface area contributed by atoms with Gasteiger partial charge < -0.3 is 14.3 Å². The molecule has 66 valence electrons. The summed E-state index contributed by atoms with van der Waals surface area (Å²) < 4.78 is 10.2. The Kier molecular flexibility index (Phi) is 7.27. The fourth-order valence-corrected chi connectivity index (χ4v) is 0.583. The maximum absolute atomic E-state index is 8.18. The van der Waals surface area contributed by atoms with Gasteiger partial charge in [0.25, 0.3) is 0 Å². The smallest absolute Gasteiger partial charge is 0.237 e. The van der Waals surface area contributed by atoms with E-state index < -0.39 is 0 Å². The van der Waals surface area contributed by atoms with Crippen LogP contribution in [-0.2, 0) is 9.47 Å². The summed E-state index contributed by atoms with van der Waals surface area (Å²) in [7, 11) is 0. The highest BCUT2D eigenvalue weighted by molar-refractivity contribution is 4.67. The summed E-state index contributed by atoms with van der Waals surface area (Å²) in [5.41, 5.74) is 0. The van der Waals surface area contributed by atoms with Gasteiger partial charge in [-0.2, -0.15) is 5.26 Å². The molecule has 1 unspecified atom stereocenters. The predicted octanol–water partition coefficient (Wildman–Crippen LogP) is 1.20. The number of ether oxygens (including phenoxy) is 2. The Bertz CT molecular complexity index is 160. The van der Waals surface area contributed by atoms with Crippen LogP contribution in [0.1, 0.15) is 13.3 Å². The summed E-state index contributed by atoms with van der Waals surface area (Å²) in [5.74, 6) is 0. The van der Waals surface area contributed by atoms with E-state index in [-0.39, 0.29) is 6.29 Å². The van der Waals surface area contributed by atoms with E-state index in [1.807, 2.05) is 6.07 Å². The van der Waals surface area contributed by atoms with E-state index in [0.29, 0.717) is 26.2 Å². The van der Waals surface area contributed by atoms with Crippen molar-refractivity contribution in [3.8, 4) is 6.07 Å². The van der Waals surface area contributed by atoms with Crippen LogP contribution in [0.15, 0.2) is 0 Å². The second-order valence-electron chi connectivity index (χ2n) is 2.10. The van der Waals surface area contributed by atoms with Crippen LogP contribution in [-0.4, -0.2) is 26.0 Å². The molecule has 0 rings (SSSR count). The molecule has 0 amide bonds. The van der Waals surface area contributed by atoms with Crippen molar-refractivity contribution in [2.24, 2.45) is 0 Å². The Hall–Kier alpha value is -1.10. The zero-order valence-corrected chi connectivity index (χ0v) is 7.12. The lowest BCUT2D eigenvalue weighted by Crippen LogP contribution is -2.15. The first-order chi connectivity index (χ1) is 5.81. The van der Waals surface area contributed by atoms with Crippen LogP contribution >= 0.6 is 0 Å². The van der Waals surface area contributed by atoms with Gasteiger partial charge >= 0.3 is 0 Å². The Morgan fingerprint density at radius 1 is 1.50 bits per heavy atom. The maximum Gasteiger partial charge on any atom is 0.237 e. The van der Waals surface area contributed by atoms with Gasteiger partial charge in [-0.1, -0.05) is 0 Å². The van der Waals surface area contributed by atoms with Crippen LogP contribution in [0, 0.1) is 17.9 Å². The molecule has 0 bridgehead atoms. The van der Waals surface area contributed by atoms with Crippen molar-refractivity contribution < 1.29 is 9.47 Å². The summed E-state index contributed by atoms with van der Waals surface area (Å²) in [6.45, 7) is 9.35. The van der Waals surface area contributed by atoms with Gasteiger partial charge in [-0.05, 0) is 6.92 Å². The molecular weight excluding hydrogens is 156 g/mol. The molecule has 4 nitrogen and oxygen atoms in total. The van der Waals surface area contributed by atoms with Crippen LogP contribution in [0.4, 0.5) is 0 Å². The fraction of sp³-hybridized carbons (Fsp3) is 0.750. The highest BCUT2D eigenvalue weighted by atomic mass is 16.7. The Morgan fingerprint density at radius 3 is 2.75 bits per heavy atom. The molecule has 0 aromatic carbocycles. The van der Waals surface area contributed by atoms with Crippen molar-refractivity contribution in [2.75, 3.05) is 19.8 Å². The lowest BCUT2D eigenvalue weighted by atomic mass is 10.5. The van der Waals surface area contributed by atoms with Gasteiger partial charge in [0.1, 0.15) is 6.61 Å². The lowest BCUT2D eigenvalue weighted by molar-refractivity contribution is -0.125. The van der Waals surface area contributed by atoms with Crippen molar-refractivity contribution in [1.29, 1.82) is 5.26 Å². The second-order valence-corrected chi connectivity index (χ2v) is 2.10. The minimum absolute atomic E-state index is 0.319. The van der Waals surface area contributed by atoms with E-state index >= 15 is 0 Å². The number of nitriles is 1. The highest BCUT2D eigenvalue weighted by Gasteiger charge is 2.01. The molecule has 0 heterocycles. The molecule has 4 heteroatoms. The molecule has 0 aromatic heterocycles. The quantitative estimate of drug-likeness (QED) is 0.340. The summed E-state index contributed by atoms with van der Waals surface area (Å²) in [4.78, 5) is 3.12. The van der Waals surface area contributed by atoms with E-state index in [1.165, 1.54) is 0 Å². The van der Waals surface area contributed by atoms with Crippen molar-refractivity contribution in [3.05, 3.63) is 11.4 Å². The number of hydrogen-bond acceptors (Lipinski definition) is 3. The molecule has 0 spiro atoms. The number of hydrogen-bond donors (Lipinski definition) is 0. The fourth-order valence-electron chi connectivity index (χ4n) is 0.583. The SMILES string of the molecule is [C-]#[N+]CCOC(C)OCCC#N. The molecule has 0 aliphatic heterocycles. The highest BCUT2D eigenvalue weighted by Crippen LogP contribution is 1.94. The molecule has 0 radical (unpaired) electrons. The minimum Gasteiger partial charge on any atom is -0.352 e. The Labute approximate surface area is 72.5 Å². The van der Waals surface area contributed by atoms with E-state index in [2.05, 4.69) is 4.85 Å². The first-order valence-electron chi connectivity index (χ1n) is 3.74. The third kappa shape index (κ3) is 7.01. The molecule has 0 saturated heterocycles. The minimum atomic E-state index is -0.319. The standard InChI is InChI=1S/C8H12N2O2/c1-8(11-6-3-4-9)12-7-5-10-2/h8H,3,5-7H2,1H3. The van der Waals surface area contributed by atoms with Crippen LogP contribution in [0.5, 0.6) is 0 Å². The summed E-state index contributed by atoms with van der Waals surface area (Å²) in [6.07, 6.45) is 0.0522. The monoisotopic (exact) mass is 168 g/mol. The first-order valence-corrected chi connectivity index (χ1v) is 3.74. The molecule has 0 N–H and O–H groups in total. The zero-order chi connectivity index (χ0) is 9.23. The first kappa shape index (κ1) is 10.9. The average Bonchev–Trinajstić information content (AvgIpc) is 2.06. The molecule has 0 saturated carbocycles. The van der Waals surface area contributed by atoms with Gasteiger partial charge in [0.05, 0.1) is 19.1 Å². The van der Waals surface area contributed by atoms with Crippen LogP contribution in [0.2, 0.25) is 0 Å². The van der Waals surface area contributed by atoms with Crippen LogP contribution < -0.4 is 0 Å². The average molecular weight is 168 g/mol. The summed E-state index contributed by atoms with van der Waals surface area (Å²) in [5, 5.41) is 8.18. The normalized spacial score (nSPS) is 11.6. The molecule has 1 atom stereocenters. The number of nitrogens with zero attached hydrogens (tertiary/aromatic N) is 2. The third-order valence-corrected chi connectivity index (χ3v) is 1.12. The molecule has 0 fully saturated rings. The van der Waals surface area contributed by atoms with Crippen molar-refractivity contribution in [2.45, 2.75) is 19.6 Å². The molecule has 12 heavy (non-hydrogen) atoms. The van der Waals surface area contributed by atoms with Crippen molar-refractivity contribution in [3.63, 3.8) is 0 Å². The zero-order valence-electron chi connectivity index (χ0n) is 7.12. The van der Waals surface area contributed by atoms with E-state index in [9.17, 15) is 0 Å². The third-order valence-electron chi connectivity index (χ3n) is 1.12. The van der Waals surface area contributed by atoms with Crippen LogP contribution in [0.25, 0.3) is 4.85 Å². The topological polar surface area (TPSA) is 46.6 Å². The van der Waals surface area contributed by atoms with Gasteiger partial charge in [-0.3, -0.25) is 0 Å². The summed E-state index contributed by atoms with van der Waals surface area (Å²) >= 11 is 0. The van der Waals surface area contributed by atoms with E-state index in [0.717, 1.165) is 0 Å². The maximum atomic E-state index is 8.18. The van der Waals surface area contributed by atoms with Gasteiger partial charge in [0.2, 0.25) is 6.54 Å². The van der Waals surface area contributed by atoms with E-state index in [4.69, 9.17) is 21.3 Å². The van der Waals surface area contributed by atoms with Crippen molar-refractivity contribution >= 4 is 0 Å². The molecule has 0 aliphatic carbocycles. The van der Waals surface area contributed by atoms with Gasteiger partial charge in [-0.15, -0.1) is 0 Å². The lowest BCUT2D eigenvalue weighted by Gasteiger charge is -2.10. The Balaban J connectivity index is 3.18.